The van der Waals surface area contributed by atoms with E-state index in [1.54, 1.807) is 14.2 Å². The fraction of sp³-hybridized carbons (Fsp3) is 0.176. The Kier molecular flexibility index (Phi) is 17.7. The van der Waals surface area contributed by atoms with Crippen LogP contribution in [-0.4, -0.2) is 14.2 Å². The van der Waals surface area contributed by atoms with Crippen LogP contribution < -0.4 is 4.74 Å². The van der Waals surface area contributed by atoms with Crippen molar-refractivity contribution in [3.63, 3.8) is 0 Å². The quantitative estimate of drug-likeness (QED) is 0.157. The van der Waals surface area contributed by atoms with Crippen molar-refractivity contribution >= 4 is 13.4 Å². The van der Waals surface area contributed by atoms with Crippen LogP contribution in [0.4, 0.5) is 25.2 Å². The van der Waals surface area contributed by atoms with Crippen LogP contribution >= 0.6 is 7.81 Å². The van der Waals surface area contributed by atoms with E-state index in [0.717, 1.165) is 17.9 Å². The molecule has 0 aromatic heterocycles. The molecule has 0 saturated carbocycles. The molecule has 0 unspecified atom stereocenters. The summed E-state index contributed by atoms with van der Waals surface area (Å²) in [6, 6.07) is 8.10. The Morgan fingerprint density at radius 3 is 1.43 bits per heavy atom. The van der Waals surface area contributed by atoms with Crippen molar-refractivity contribution in [3.05, 3.63) is 74.1 Å². The summed E-state index contributed by atoms with van der Waals surface area (Å²) in [6.07, 6.45) is 7.08. The van der Waals surface area contributed by atoms with Gasteiger partial charge in [-0.2, -0.15) is 0 Å². The Morgan fingerprint density at radius 1 is 0.767 bits per heavy atom. The van der Waals surface area contributed by atoms with Gasteiger partial charge in [-0.3, -0.25) is 0 Å². The van der Waals surface area contributed by atoms with Gasteiger partial charge in [0.15, 0.2) is 0 Å². The zero-order chi connectivity index (χ0) is 23.8. The van der Waals surface area contributed by atoms with Crippen LogP contribution in [0.3, 0.4) is 0 Å². The third-order valence-electron chi connectivity index (χ3n) is 2.67. The van der Waals surface area contributed by atoms with Crippen molar-refractivity contribution in [2.45, 2.75) is 6.42 Å². The summed E-state index contributed by atoms with van der Waals surface area (Å²) >= 11 is 0. The second kappa shape index (κ2) is 14.9. The van der Waals surface area contributed by atoms with E-state index < -0.39 is 7.81 Å². The predicted octanol–water partition coefficient (Wildman–Crippen LogP) is 6.48. The number of benzene rings is 1. The molecule has 0 aliphatic heterocycles. The summed E-state index contributed by atoms with van der Waals surface area (Å²) in [5.74, 6) is 1.81. The summed E-state index contributed by atoms with van der Waals surface area (Å²) in [6.45, 7) is 13.5. The van der Waals surface area contributed by atoms with Crippen molar-refractivity contribution in [1.82, 2.24) is 0 Å². The molecular weight excluding hydrogens is 485 g/mol. The van der Waals surface area contributed by atoms with Gasteiger partial charge in [-0.05, 0) is 35.8 Å². The molecule has 1 radical (unpaired) electrons. The normalized spacial score (nSPS) is 13.7. The average molecular weight is 500 g/mol. The fourth-order valence-electron chi connectivity index (χ4n) is 1.70. The van der Waals surface area contributed by atoms with Gasteiger partial charge in [0.05, 0.1) is 20.0 Å². The number of hydrogen-bond acceptors (Lipinski definition) is 2. The number of hydrogen-bond donors (Lipinski definition) is 0. The third kappa shape index (κ3) is 24.1. The molecule has 0 fully saturated rings. The first-order chi connectivity index (χ1) is 13.3. The van der Waals surface area contributed by atoms with Crippen LogP contribution in [0.2, 0.25) is 0 Å². The van der Waals surface area contributed by atoms with Gasteiger partial charge in [0.2, 0.25) is 0 Å². The molecule has 1 aromatic rings. The molecule has 30 heavy (non-hydrogen) atoms. The Morgan fingerprint density at radius 2 is 1.17 bits per heavy atom. The second-order valence-corrected chi connectivity index (χ2v) is 6.48. The molecule has 5 nitrogen and oxygen atoms in total. The van der Waals surface area contributed by atoms with E-state index in [2.05, 4.69) is 44.6 Å². The van der Waals surface area contributed by atoms with Crippen LogP contribution in [0, 0.1) is 26.4 Å². The Hall–Kier alpha value is -1.95. The molecule has 0 N–H and O–H groups in total. The fourth-order valence-corrected chi connectivity index (χ4v) is 1.70. The maximum Gasteiger partial charge on any atom is 0 e. The van der Waals surface area contributed by atoms with Crippen molar-refractivity contribution < 1.29 is 65.7 Å². The van der Waals surface area contributed by atoms with Crippen LogP contribution in [0.5, 0.6) is 5.75 Å². The minimum Gasteiger partial charge on any atom is 0 e. The first-order valence-corrected chi connectivity index (χ1v) is 8.91. The number of methoxy groups -OCH3 is 2. The largest absolute Gasteiger partial charge is 0 e. The molecular formula is C17H15F6FeO5P-. The molecule has 0 atom stereocenters. The molecule has 1 aliphatic rings. The van der Waals surface area contributed by atoms with Gasteiger partial charge < -0.3 is 9.47 Å². The Balaban J connectivity index is -0.000000206. The van der Waals surface area contributed by atoms with Gasteiger partial charge in [0.25, 0.3) is 0 Å². The van der Waals surface area contributed by atoms with Crippen molar-refractivity contribution in [2.75, 3.05) is 14.2 Å². The summed E-state index contributed by atoms with van der Waals surface area (Å²) in [7, 11) is -7.29. The van der Waals surface area contributed by atoms with Crippen LogP contribution in [0.15, 0.2) is 42.2 Å². The molecule has 0 saturated heterocycles. The number of halogens is 6. The van der Waals surface area contributed by atoms with Gasteiger partial charge in [-0.25, -0.2) is 0 Å². The van der Waals surface area contributed by atoms with E-state index in [0.29, 0.717) is 0 Å². The van der Waals surface area contributed by atoms with Gasteiger partial charge in [0, 0.05) is 23.5 Å². The average Bonchev–Trinajstić information content (AvgIpc) is 2.70. The molecule has 0 spiro atoms. The van der Waals surface area contributed by atoms with Gasteiger partial charge in [-0.1, -0.05) is 18.2 Å². The van der Waals surface area contributed by atoms with Crippen LogP contribution in [-0.2, 0) is 35.8 Å². The predicted molar refractivity (Wildman–Crippen MR) is 90.3 cm³/mol. The molecule has 2 rings (SSSR count). The maximum atomic E-state index is 9.87. The van der Waals surface area contributed by atoms with E-state index in [1.807, 2.05) is 18.2 Å². The first-order valence-electron chi connectivity index (χ1n) is 6.88. The smallest absolute Gasteiger partial charge is 0 e. The minimum atomic E-state index is -10.7. The van der Waals surface area contributed by atoms with E-state index in [1.165, 1.54) is 11.1 Å². The summed E-state index contributed by atoms with van der Waals surface area (Å²) < 4.78 is 92.0. The van der Waals surface area contributed by atoms with Gasteiger partial charge in [0.1, 0.15) is 5.75 Å². The molecule has 169 valence electrons. The van der Waals surface area contributed by atoms with Crippen LogP contribution in [0.25, 0.3) is 5.57 Å². The maximum absolute atomic E-state index is 10.7. The zero-order valence-electron chi connectivity index (χ0n) is 15.4. The first kappa shape index (κ1) is 35.5. The van der Waals surface area contributed by atoms with E-state index >= 15 is 0 Å². The molecule has 1 aliphatic carbocycles. The monoisotopic (exact) mass is 500 g/mol. The summed E-state index contributed by atoms with van der Waals surface area (Å²) in [5.41, 5.74) is 2.52. The Labute approximate surface area is 180 Å². The van der Waals surface area contributed by atoms with Crippen LogP contribution in [0.1, 0.15) is 12.0 Å². The molecule has 0 amide bonds. The standard InChI is InChI=1S/C14H15O2.3CO.F6P.Fe/c1-15-13-7-3-11(4-8-13)12-5-9-14(16-2)10-6-12;3*1-2;1-7(2,3,4,5)6;/h3-5,7-10H,6H2,1-2H3;;;;;/q;;;;-1;. The van der Waals surface area contributed by atoms with E-state index in [9.17, 15) is 25.2 Å². The SMILES string of the molecule is COC1=CC=C(c2ccc(OC)cc2)C[CH]1.F[P-](F)(F)(F)(F)F.[C-]#[O+].[C-]#[O+].[C-]#[O+].[Fe]. The second-order valence-electron chi connectivity index (χ2n) is 4.56. The Bertz CT molecular complexity index is 712. The van der Waals surface area contributed by atoms with Crippen molar-refractivity contribution in [3.8, 4) is 5.75 Å². The molecule has 1 aromatic carbocycles. The van der Waals surface area contributed by atoms with Gasteiger partial charge in [-0.15, -0.1) is 0 Å². The summed E-state index contributed by atoms with van der Waals surface area (Å²) in [4.78, 5) is 0. The molecule has 0 heterocycles. The van der Waals surface area contributed by atoms with Crippen molar-refractivity contribution in [1.29, 1.82) is 0 Å². The summed E-state index contributed by atoms with van der Waals surface area (Å²) in [5, 5.41) is 0. The minimum absolute atomic E-state index is 0. The van der Waals surface area contributed by atoms with E-state index in [4.69, 9.17) is 23.4 Å². The molecule has 13 heteroatoms. The topological polar surface area (TPSA) is 78.2 Å². The van der Waals surface area contributed by atoms with Crippen molar-refractivity contribution in [2.24, 2.45) is 0 Å². The number of rotatable bonds is 3. The molecule has 0 bridgehead atoms. The van der Waals surface area contributed by atoms with E-state index in [-0.39, 0.29) is 17.1 Å². The number of allylic oxidation sites excluding steroid dienone is 4. The van der Waals surface area contributed by atoms with Gasteiger partial charge >= 0.3 is 66.9 Å². The third-order valence-corrected chi connectivity index (χ3v) is 2.67. The number of ether oxygens (including phenoxy) is 2. The zero-order valence-corrected chi connectivity index (χ0v) is 17.4.